The molecule has 0 spiro atoms. The maximum Gasteiger partial charge on any atom is 0.250 e. The van der Waals surface area contributed by atoms with Crippen molar-refractivity contribution in [3.8, 4) is 28.6 Å². The van der Waals surface area contributed by atoms with Crippen LogP contribution in [0.5, 0.6) is 17.2 Å². The molecule has 2 N–H and O–H groups in total. The van der Waals surface area contributed by atoms with E-state index in [0.717, 1.165) is 22.0 Å². The molecule has 4 aromatic rings. The summed E-state index contributed by atoms with van der Waals surface area (Å²) < 4.78 is 16.3. The molecule has 2 aromatic carbocycles. The number of H-pyrrole nitrogens is 1. The molecular weight excluding hydrogens is 454 g/mol. The van der Waals surface area contributed by atoms with Crippen LogP contribution in [0.2, 0.25) is 0 Å². The third-order valence-corrected chi connectivity index (χ3v) is 5.57. The number of benzene rings is 2. The molecule has 174 valence electrons. The van der Waals surface area contributed by atoms with Gasteiger partial charge in [-0.2, -0.15) is 4.98 Å². The summed E-state index contributed by atoms with van der Waals surface area (Å²) in [7, 11) is 3.14. The Bertz CT molecular complexity index is 1300. The average molecular weight is 478 g/mol. The minimum Gasteiger partial charge on any atom is -0.497 e. The van der Waals surface area contributed by atoms with Gasteiger partial charge in [0.25, 0.3) is 5.91 Å². The van der Waals surface area contributed by atoms with Gasteiger partial charge in [0.15, 0.2) is 5.82 Å². The third kappa shape index (κ3) is 5.78. The zero-order valence-corrected chi connectivity index (χ0v) is 19.7. The van der Waals surface area contributed by atoms with Crippen LogP contribution in [-0.4, -0.2) is 40.3 Å². The van der Waals surface area contributed by atoms with Crippen molar-refractivity contribution < 1.29 is 19.0 Å². The molecule has 0 unspecified atom stereocenters. The molecule has 0 aliphatic carbocycles. The normalized spacial score (nSPS) is 10.9. The number of thiazole rings is 1. The fraction of sp³-hybridized carbons (Fsp3) is 0.167. The third-order valence-electron chi connectivity index (χ3n) is 4.74. The van der Waals surface area contributed by atoms with E-state index in [1.807, 2.05) is 36.6 Å². The van der Waals surface area contributed by atoms with Gasteiger partial charge in [0.1, 0.15) is 23.9 Å². The molecule has 10 heteroatoms. The molecule has 0 radical (unpaired) electrons. The standard InChI is InChI=1S/C24H23N5O4S/c1-15-25-17(14-34-15)13-33-18-7-4-16(5-8-18)6-11-22(30)26-24-27-23(28-29-24)20-10-9-19(31-2)12-21(20)32-3/h4-12,14H,13H2,1-3H3,(H2,26,27,28,29,30)/b11-6+. The summed E-state index contributed by atoms with van der Waals surface area (Å²) in [5, 5.41) is 12.5. The Balaban J connectivity index is 1.33. The minimum atomic E-state index is -0.355. The maximum absolute atomic E-state index is 12.3. The first-order valence-electron chi connectivity index (χ1n) is 10.3. The van der Waals surface area contributed by atoms with Crippen LogP contribution in [0.4, 0.5) is 5.95 Å². The van der Waals surface area contributed by atoms with Crippen molar-refractivity contribution in [3.05, 3.63) is 70.2 Å². The largest absolute Gasteiger partial charge is 0.497 e. The second kappa shape index (κ2) is 10.6. The van der Waals surface area contributed by atoms with Crippen LogP contribution in [-0.2, 0) is 11.4 Å². The number of hydrogen-bond acceptors (Lipinski definition) is 8. The van der Waals surface area contributed by atoms with Crippen LogP contribution in [0.15, 0.2) is 53.9 Å². The van der Waals surface area contributed by atoms with E-state index in [4.69, 9.17) is 14.2 Å². The lowest BCUT2D eigenvalue weighted by atomic mass is 10.2. The van der Waals surface area contributed by atoms with Crippen LogP contribution >= 0.6 is 11.3 Å². The van der Waals surface area contributed by atoms with Crippen LogP contribution in [0.25, 0.3) is 17.5 Å². The highest BCUT2D eigenvalue weighted by atomic mass is 32.1. The first-order valence-corrected chi connectivity index (χ1v) is 11.2. The van der Waals surface area contributed by atoms with E-state index in [2.05, 4.69) is 25.5 Å². The Kier molecular flexibility index (Phi) is 7.19. The smallest absolute Gasteiger partial charge is 0.250 e. The molecule has 0 saturated heterocycles. The van der Waals surface area contributed by atoms with Crippen molar-refractivity contribution in [2.45, 2.75) is 13.5 Å². The first-order chi connectivity index (χ1) is 16.5. The number of rotatable bonds is 9. The van der Waals surface area contributed by atoms with Crippen molar-refractivity contribution >= 4 is 29.3 Å². The molecule has 0 bridgehead atoms. The van der Waals surface area contributed by atoms with Gasteiger partial charge >= 0.3 is 0 Å². The van der Waals surface area contributed by atoms with E-state index in [9.17, 15) is 4.79 Å². The lowest BCUT2D eigenvalue weighted by molar-refractivity contribution is -0.111. The van der Waals surface area contributed by atoms with Gasteiger partial charge in [0.05, 0.1) is 30.5 Å². The molecule has 2 heterocycles. The van der Waals surface area contributed by atoms with Crippen LogP contribution < -0.4 is 19.5 Å². The highest BCUT2D eigenvalue weighted by Gasteiger charge is 2.13. The first kappa shape index (κ1) is 23.0. The lowest BCUT2D eigenvalue weighted by Gasteiger charge is -2.07. The summed E-state index contributed by atoms with van der Waals surface area (Å²) in [6, 6.07) is 12.8. The van der Waals surface area contributed by atoms with Gasteiger partial charge in [-0.1, -0.05) is 12.1 Å². The quantitative estimate of drug-likeness (QED) is 0.342. The fourth-order valence-electron chi connectivity index (χ4n) is 3.06. The SMILES string of the molecule is COc1ccc(-c2nc(NC(=O)/C=C/c3ccc(OCc4csc(C)n4)cc3)n[nH]2)c(OC)c1. The van der Waals surface area contributed by atoms with Crippen molar-refractivity contribution in [1.29, 1.82) is 0 Å². The predicted molar refractivity (Wildman–Crippen MR) is 130 cm³/mol. The highest BCUT2D eigenvalue weighted by molar-refractivity contribution is 7.09. The van der Waals surface area contributed by atoms with E-state index in [-0.39, 0.29) is 11.9 Å². The van der Waals surface area contributed by atoms with Crippen molar-refractivity contribution in [3.63, 3.8) is 0 Å². The van der Waals surface area contributed by atoms with Gasteiger partial charge in [-0.15, -0.1) is 16.4 Å². The van der Waals surface area contributed by atoms with Gasteiger partial charge in [-0.3, -0.25) is 15.2 Å². The Morgan fingerprint density at radius 3 is 2.59 bits per heavy atom. The van der Waals surface area contributed by atoms with Gasteiger partial charge in [-0.25, -0.2) is 4.98 Å². The van der Waals surface area contributed by atoms with E-state index in [1.54, 1.807) is 49.8 Å². The zero-order valence-electron chi connectivity index (χ0n) is 18.9. The molecule has 0 saturated carbocycles. The number of anilines is 1. The molecule has 0 fully saturated rings. The number of amides is 1. The van der Waals surface area contributed by atoms with E-state index in [0.29, 0.717) is 29.5 Å². The van der Waals surface area contributed by atoms with Crippen molar-refractivity contribution in [1.82, 2.24) is 20.2 Å². The number of carbonyl (C=O) groups is 1. The molecule has 2 aromatic heterocycles. The molecule has 1 amide bonds. The second-order valence-electron chi connectivity index (χ2n) is 7.11. The number of nitrogens with zero attached hydrogens (tertiary/aromatic N) is 3. The molecule has 34 heavy (non-hydrogen) atoms. The minimum absolute atomic E-state index is 0.156. The molecule has 4 rings (SSSR count). The number of hydrogen-bond donors (Lipinski definition) is 2. The zero-order chi connectivity index (χ0) is 23.9. The summed E-state index contributed by atoms with van der Waals surface area (Å²) in [6.07, 6.45) is 3.11. The monoisotopic (exact) mass is 477 g/mol. The van der Waals surface area contributed by atoms with E-state index in [1.165, 1.54) is 6.08 Å². The number of aryl methyl sites for hydroxylation is 1. The number of carbonyl (C=O) groups excluding carboxylic acids is 1. The summed E-state index contributed by atoms with van der Waals surface area (Å²) >= 11 is 1.60. The summed E-state index contributed by atoms with van der Waals surface area (Å²) in [5.74, 6) is 2.22. The Morgan fingerprint density at radius 2 is 1.88 bits per heavy atom. The maximum atomic E-state index is 12.3. The predicted octanol–water partition coefficient (Wildman–Crippen LogP) is 4.48. The van der Waals surface area contributed by atoms with Crippen LogP contribution in [0.3, 0.4) is 0 Å². The molecule has 9 nitrogen and oxygen atoms in total. The number of nitrogens with one attached hydrogen (secondary N) is 2. The average Bonchev–Trinajstić information content (AvgIpc) is 3.50. The lowest BCUT2D eigenvalue weighted by Crippen LogP contribution is -2.09. The van der Waals surface area contributed by atoms with Gasteiger partial charge in [0, 0.05) is 17.5 Å². The Labute approximate surface area is 200 Å². The second-order valence-corrected chi connectivity index (χ2v) is 8.17. The number of methoxy groups -OCH3 is 2. The summed E-state index contributed by atoms with van der Waals surface area (Å²) in [6.45, 7) is 2.38. The van der Waals surface area contributed by atoms with Gasteiger partial charge in [-0.05, 0) is 42.8 Å². The Morgan fingerprint density at radius 1 is 1.09 bits per heavy atom. The molecule has 0 aliphatic rings. The van der Waals surface area contributed by atoms with Gasteiger partial charge in [0.2, 0.25) is 5.95 Å². The van der Waals surface area contributed by atoms with E-state index >= 15 is 0 Å². The number of aromatic nitrogens is 4. The Hall–Kier alpha value is -4.18. The number of aromatic amines is 1. The van der Waals surface area contributed by atoms with Crippen LogP contribution in [0, 0.1) is 6.92 Å². The number of ether oxygens (including phenoxy) is 3. The highest BCUT2D eigenvalue weighted by Crippen LogP contribution is 2.31. The molecule has 0 aliphatic heterocycles. The van der Waals surface area contributed by atoms with Crippen LogP contribution in [0.1, 0.15) is 16.3 Å². The summed E-state index contributed by atoms with van der Waals surface area (Å²) in [4.78, 5) is 21.0. The van der Waals surface area contributed by atoms with Gasteiger partial charge < -0.3 is 14.2 Å². The topological polar surface area (TPSA) is 111 Å². The van der Waals surface area contributed by atoms with Crippen molar-refractivity contribution in [2.24, 2.45) is 0 Å². The summed E-state index contributed by atoms with van der Waals surface area (Å²) in [5.41, 5.74) is 2.45. The fourth-order valence-corrected chi connectivity index (χ4v) is 3.66. The van der Waals surface area contributed by atoms with Crippen molar-refractivity contribution in [2.75, 3.05) is 19.5 Å². The molecular formula is C24H23N5O4S. The molecule has 0 atom stereocenters. The van der Waals surface area contributed by atoms with E-state index < -0.39 is 0 Å².